The Morgan fingerprint density at radius 3 is 3.00 bits per heavy atom. The summed E-state index contributed by atoms with van der Waals surface area (Å²) >= 11 is 0. The monoisotopic (exact) mass is 192 g/mol. The van der Waals surface area contributed by atoms with Crippen molar-refractivity contribution in [3.05, 3.63) is 35.0 Å². The summed E-state index contributed by atoms with van der Waals surface area (Å²) in [5.41, 5.74) is 7.61. The fraction of sp³-hybridized carbons (Fsp3) is 0.273. The lowest BCUT2D eigenvalue weighted by Gasteiger charge is -2.07. The van der Waals surface area contributed by atoms with Crippen LogP contribution < -0.4 is 5.73 Å². The topological polar surface area (TPSA) is 30.9 Å². The number of allylic oxidation sites excluding steroid dienone is 1. The average Bonchev–Trinajstić information content (AvgIpc) is 2.45. The van der Waals surface area contributed by atoms with Crippen molar-refractivity contribution in [3.63, 3.8) is 0 Å². The van der Waals surface area contributed by atoms with Crippen molar-refractivity contribution in [1.29, 1.82) is 0 Å². The molecule has 0 atom stereocenters. The molecule has 0 spiro atoms. The number of nitrogens with zero attached hydrogens (tertiary/aromatic N) is 1. The van der Waals surface area contributed by atoms with Crippen LogP contribution in [0.15, 0.2) is 12.3 Å². The molecule has 3 heteroatoms. The number of aromatic nitrogens is 1. The van der Waals surface area contributed by atoms with Crippen LogP contribution in [0.3, 0.4) is 0 Å². The zero-order valence-corrected chi connectivity index (χ0v) is 8.13. The van der Waals surface area contributed by atoms with Gasteiger partial charge in [0, 0.05) is 18.3 Å². The van der Waals surface area contributed by atoms with E-state index >= 15 is 0 Å². The Bertz CT molecular complexity index is 413. The summed E-state index contributed by atoms with van der Waals surface area (Å²) in [5, 5.41) is 0. The fourth-order valence-electron chi connectivity index (χ4n) is 1.91. The summed E-state index contributed by atoms with van der Waals surface area (Å²) in [6, 6.07) is 0. The van der Waals surface area contributed by atoms with Crippen LogP contribution in [-0.4, -0.2) is 4.57 Å². The van der Waals surface area contributed by atoms with Gasteiger partial charge >= 0.3 is 0 Å². The van der Waals surface area contributed by atoms with Gasteiger partial charge in [0.15, 0.2) is 5.82 Å². The molecular formula is C11H13FN2. The van der Waals surface area contributed by atoms with Gasteiger partial charge in [-0.15, -0.1) is 0 Å². The third-order valence-corrected chi connectivity index (χ3v) is 2.62. The standard InChI is InChI=1S/C11H13FN2/c1-14-9-5-3-2-4-8(9)11(12)10(14)6-7-13/h2,4,6-7H,3,5,13H2,1H3/b7-6-. The quantitative estimate of drug-likeness (QED) is 0.725. The van der Waals surface area contributed by atoms with Gasteiger partial charge in [-0.3, -0.25) is 0 Å². The Morgan fingerprint density at radius 2 is 2.36 bits per heavy atom. The maximum Gasteiger partial charge on any atom is 0.155 e. The molecule has 0 aliphatic heterocycles. The Kier molecular flexibility index (Phi) is 2.15. The van der Waals surface area contributed by atoms with Crippen molar-refractivity contribution < 1.29 is 4.39 Å². The molecule has 2 N–H and O–H groups in total. The van der Waals surface area contributed by atoms with E-state index in [2.05, 4.69) is 0 Å². The highest BCUT2D eigenvalue weighted by Crippen LogP contribution is 2.27. The minimum Gasteiger partial charge on any atom is -0.405 e. The molecule has 0 radical (unpaired) electrons. The third-order valence-electron chi connectivity index (χ3n) is 2.62. The van der Waals surface area contributed by atoms with Gasteiger partial charge in [-0.05, 0) is 25.1 Å². The van der Waals surface area contributed by atoms with E-state index in [1.165, 1.54) is 6.20 Å². The van der Waals surface area contributed by atoms with E-state index in [-0.39, 0.29) is 5.82 Å². The average molecular weight is 192 g/mol. The van der Waals surface area contributed by atoms with Crippen molar-refractivity contribution in [2.75, 3.05) is 0 Å². The minimum atomic E-state index is -0.167. The number of rotatable bonds is 1. The normalized spacial score (nSPS) is 15.0. The molecule has 2 rings (SSSR count). The van der Waals surface area contributed by atoms with Crippen LogP contribution in [0.2, 0.25) is 0 Å². The summed E-state index contributed by atoms with van der Waals surface area (Å²) in [4.78, 5) is 0. The molecule has 0 aromatic carbocycles. The third kappa shape index (κ3) is 1.16. The molecule has 2 nitrogen and oxygen atoms in total. The first kappa shape index (κ1) is 9.06. The van der Waals surface area contributed by atoms with Crippen LogP contribution in [0.25, 0.3) is 12.2 Å². The van der Waals surface area contributed by atoms with Crippen molar-refractivity contribution in [2.24, 2.45) is 12.8 Å². The first-order chi connectivity index (χ1) is 6.75. The summed E-state index contributed by atoms with van der Waals surface area (Å²) < 4.78 is 15.7. The fourth-order valence-corrected chi connectivity index (χ4v) is 1.91. The maximum atomic E-state index is 13.8. The Hall–Kier alpha value is -1.51. The molecular weight excluding hydrogens is 179 g/mol. The van der Waals surface area contributed by atoms with Crippen molar-refractivity contribution in [1.82, 2.24) is 4.57 Å². The molecule has 1 aliphatic carbocycles. The number of fused-ring (bicyclic) bond motifs is 1. The van der Waals surface area contributed by atoms with E-state index < -0.39 is 0 Å². The zero-order chi connectivity index (χ0) is 10.1. The highest BCUT2D eigenvalue weighted by atomic mass is 19.1. The summed E-state index contributed by atoms with van der Waals surface area (Å²) in [6.07, 6.45) is 8.70. The summed E-state index contributed by atoms with van der Waals surface area (Å²) in [6.45, 7) is 0. The summed E-state index contributed by atoms with van der Waals surface area (Å²) in [5.74, 6) is -0.167. The highest BCUT2D eigenvalue weighted by molar-refractivity contribution is 5.62. The maximum absolute atomic E-state index is 13.8. The van der Waals surface area contributed by atoms with Crippen molar-refractivity contribution in [3.8, 4) is 0 Å². The van der Waals surface area contributed by atoms with Crippen molar-refractivity contribution in [2.45, 2.75) is 12.8 Å². The second-order valence-electron chi connectivity index (χ2n) is 3.42. The Morgan fingerprint density at radius 1 is 1.57 bits per heavy atom. The van der Waals surface area contributed by atoms with Gasteiger partial charge in [0.05, 0.1) is 5.69 Å². The summed E-state index contributed by atoms with van der Waals surface area (Å²) in [7, 11) is 1.87. The van der Waals surface area contributed by atoms with Crippen LogP contribution in [0.4, 0.5) is 4.39 Å². The van der Waals surface area contributed by atoms with Crippen LogP contribution >= 0.6 is 0 Å². The molecule has 1 heterocycles. The van der Waals surface area contributed by atoms with Gasteiger partial charge in [-0.1, -0.05) is 12.2 Å². The largest absolute Gasteiger partial charge is 0.405 e. The van der Waals surface area contributed by atoms with Crippen LogP contribution in [-0.2, 0) is 13.5 Å². The van der Waals surface area contributed by atoms with E-state index in [1.807, 2.05) is 23.8 Å². The molecule has 1 aliphatic rings. The second-order valence-corrected chi connectivity index (χ2v) is 3.42. The number of nitrogens with two attached hydrogens (primary N) is 1. The van der Waals surface area contributed by atoms with Crippen molar-refractivity contribution >= 4 is 12.2 Å². The first-order valence-corrected chi connectivity index (χ1v) is 4.67. The van der Waals surface area contributed by atoms with Gasteiger partial charge < -0.3 is 10.3 Å². The van der Waals surface area contributed by atoms with Crippen LogP contribution in [0.5, 0.6) is 0 Å². The lowest BCUT2D eigenvalue weighted by molar-refractivity contribution is 0.619. The van der Waals surface area contributed by atoms with E-state index in [0.29, 0.717) is 11.3 Å². The predicted octanol–water partition coefficient (Wildman–Crippen LogP) is 2.05. The number of hydrogen-bond donors (Lipinski definition) is 1. The molecule has 0 saturated heterocycles. The van der Waals surface area contributed by atoms with E-state index in [1.54, 1.807) is 6.08 Å². The number of hydrogen-bond acceptors (Lipinski definition) is 1. The van der Waals surface area contributed by atoms with Crippen LogP contribution in [0, 0.1) is 5.82 Å². The molecule has 1 aromatic heterocycles. The highest BCUT2D eigenvalue weighted by Gasteiger charge is 2.18. The zero-order valence-electron chi connectivity index (χ0n) is 8.13. The van der Waals surface area contributed by atoms with Gasteiger partial charge in [-0.2, -0.15) is 0 Å². The predicted molar refractivity (Wildman–Crippen MR) is 55.9 cm³/mol. The van der Waals surface area contributed by atoms with E-state index in [0.717, 1.165) is 18.5 Å². The Labute approximate surface area is 82.5 Å². The smallest absolute Gasteiger partial charge is 0.155 e. The molecule has 74 valence electrons. The molecule has 0 amide bonds. The minimum absolute atomic E-state index is 0.167. The molecule has 14 heavy (non-hydrogen) atoms. The van der Waals surface area contributed by atoms with Gasteiger partial charge in [-0.25, -0.2) is 4.39 Å². The second kappa shape index (κ2) is 3.33. The van der Waals surface area contributed by atoms with Crippen LogP contribution in [0.1, 0.15) is 23.4 Å². The lowest BCUT2D eigenvalue weighted by atomic mass is 10.1. The van der Waals surface area contributed by atoms with Gasteiger partial charge in [0.2, 0.25) is 0 Å². The Balaban J connectivity index is 2.64. The molecule has 1 aromatic rings. The number of halogens is 1. The first-order valence-electron chi connectivity index (χ1n) is 4.67. The molecule has 0 saturated carbocycles. The van der Waals surface area contributed by atoms with Gasteiger partial charge in [0.25, 0.3) is 0 Å². The van der Waals surface area contributed by atoms with Gasteiger partial charge in [0.1, 0.15) is 0 Å². The molecule has 0 bridgehead atoms. The van der Waals surface area contributed by atoms with E-state index in [4.69, 9.17) is 5.73 Å². The SMILES string of the molecule is Cn1c(/C=C\N)c(F)c2c1CCC=C2. The molecule has 0 fully saturated rings. The molecule has 0 unspecified atom stereocenters. The van der Waals surface area contributed by atoms with E-state index in [9.17, 15) is 4.39 Å². The lowest BCUT2D eigenvalue weighted by Crippen LogP contribution is -2.01.